The highest BCUT2D eigenvalue weighted by atomic mass is 16.5. The molecule has 0 spiro atoms. The molecule has 0 fully saturated rings. The zero-order valence-electron chi connectivity index (χ0n) is 9.18. The fourth-order valence-electron chi connectivity index (χ4n) is 1.54. The Morgan fingerprint density at radius 3 is 2.43 bits per heavy atom. The molecule has 14 heavy (non-hydrogen) atoms. The van der Waals surface area contributed by atoms with Crippen molar-refractivity contribution in [3.05, 3.63) is 23.3 Å². The first-order valence-electron chi connectivity index (χ1n) is 4.59. The smallest absolute Gasteiger partial charge is 0.126 e. The zero-order chi connectivity index (χ0) is 10.6. The Labute approximate surface area is 85.0 Å². The summed E-state index contributed by atoms with van der Waals surface area (Å²) >= 11 is 0. The van der Waals surface area contributed by atoms with Crippen molar-refractivity contribution in [3.8, 4) is 11.5 Å². The van der Waals surface area contributed by atoms with Crippen LogP contribution in [0.1, 0.15) is 11.1 Å². The topological polar surface area (TPSA) is 30.5 Å². The fourth-order valence-corrected chi connectivity index (χ4v) is 1.54. The van der Waals surface area contributed by atoms with Crippen molar-refractivity contribution in [1.29, 1.82) is 0 Å². The summed E-state index contributed by atoms with van der Waals surface area (Å²) in [6.07, 6.45) is 0. The third-order valence-corrected chi connectivity index (χ3v) is 2.13. The van der Waals surface area contributed by atoms with Crippen molar-refractivity contribution in [2.45, 2.75) is 13.5 Å². The summed E-state index contributed by atoms with van der Waals surface area (Å²) in [7, 11) is 5.27. The number of ether oxygens (including phenoxy) is 2. The van der Waals surface area contributed by atoms with Gasteiger partial charge in [0.1, 0.15) is 11.5 Å². The summed E-state index contributed by atoms with van der Waals surface area (Å²) in [6.45, 7) is 2.79. The maximum Gasteiger partial charge on any atom is 0.126 e. The van der Waals surface area contributed by atoms with Gasteiger partial charge in [0, 0.05) is 12.1 Å². The van der Waals surface area contributed by atoms with Gasteiger partial charge in [-0.3, -0.25) is 0 Å². The highest BCUT2D eigenvalue weighted by molar-refractivity contribution is 5.46. The molecule has 0 aliphatic heterocycles. The molecule has 1 aromatic rings. The average molecular weight is 195 g/mol. The van der Waals surface area contributed by atoms with Gasteiger partial charge in [-0.2, -0.15) is 0 Å². The van der Waals surface area contributed by atoms with Crippen molar-refractivity contribution >= 4 is 0 Å². The summed E-state index contributed by atoms with van der Waals surface area (Å²) in [4.78, 5) is 0. The molecular formula is C11H17NO2. The number of methoxy groups -OCH3 is 2. The Bertz CT molecular complexity index is 310. The summed E-state index contributed by atoms with van der Waals surface area (Å²) < 4.78 is 10.5. The van der Waals surface area contributed by atoms with Gasteiger partial charge in [-0.15, -0.1) is 0 Å². The molecule has 0 amide bonds. The van der Waals surface area contributed by atoms with Crippen LogP contribution in [0.4, 0.5) is 0 Å². The normalized spacial score (nSPS) is 10.0. The van der Waals surface area contributed by atoms with Gasteiger partial charge in [-0.05, 0) is 31.7 Å². The number of hydrogen-bond acceptors (Lipinski definition) is 3. The second-order valence-corrected chi connectivity index (χ2v) is 3.17. The molecule has 0 saturated carbocycles. The van der Waals surface area contributed by atoms with Gasteiger partial charge in [-0.1, -0.05) is 0 Å². The van der Waals surface area contributed by atoms with E-state index in [1.807, 2.05) is 26.1 Å². The van der Waals surface area contributed by atoms with Crippen LogP contribution < -0.4 is 14.8 Å². The summed E-state index contributed by atoms with van der Waals surface area (Å²) in [5, 5.41) is 3.10. The molecule has 3 heteroatoms. The quantitative estimate of drug-likeness (QED) is 0.793. The van der Waals surface area contributed by atoms with E-state index in [1.54, 1.807) is 14.2 Å². The van der Waals surface area contributed by atoms with Gasteiger partial charge in [-0.25, -0.2) is 0 Å². The predicted octanol–water partition coefficient (Wildman–Crippen LogP) is 1.73. The predicted molar refractivity (Wildman–Crippen MR) is 57.0 cm³/mol. The third-order valence-electron chi connectivity index (χ3n) is 2.13. The van der Waals surface area contributed by atoms with Gasteiger partial charge in [0.05, 0.1) is 14.2 Å². The Morgan fingerprint density at radius 2 is 1.93 bits per heavy atom. The Morgan fingerprint density at radius 1 is 1.21 bits per heavy atom. The minimum absolute atomic E-state index is 0.779. The first-order valence-corrected chi connectivity index (χ1v) is 4.59. The van der Waals surface area contributed by atoms with Crippen LogP contribution in [0.5, 0.6) is 11.5 Å². The van der Waals surface area contributed by atoms with E-state index in [-0.39, 0.29) is 0 Å². The molecule has 0 unspecified atom stereocenters. The first kappa shape index (κ1) is 10.9. The van der Waals surface area contributed by atoms with Crippen LogP contribution in [0.2, 0.25) is 0 Å². The van der Waals surface area contributed by atoms with Gasteiger partial charge in [0.15, 0.2) is 0 Å². The highest BCUT2D eigenvalue weighted by Crippen LogP contribution is 2.28. The molecule has 3 nitrogen and oxygen atoms in total. The molecule has 0 aliphatic carbocycles. The summed E-state index contributed by atoms with van der Waals surface area (Å²) in [6, 6.07) is 3.96. The van der Waals surface area contributed by atoms with E-state index in [1.165, 1.54) is 0 Å². The molecule has 1 rings (SSSR count). The molecule has 0 heterocycles. The lowest BCUT2D eigenvalue weighted by Gasteiger charge is -2.13. The minimum Gasteiger partial charge on any atom is -0.497 e. The van der Waals surface area contributed by atoms with E-state index < -0.39 is 0 Å². The van der Waals surface area contributed by atoms with Crippen molar-refractivity contribution in [3.63, 3.8) is 0 Å². The van der Waals surface area contributed by atoms with Crippen LogP contribution in [0.3, 0.4) is 0 Å². The SMILES string of the molecule is CNCc1cc(OC)cc(C)c1OC. The van der Waals surface area contributed by atoms with Crippen LogP contribution in [-0.4, -0.2) is 21.3 Å². The van der Waals surface area contributed by atoms with E-state index in [2.05, 4.69) is 5.32 Å². The number of rotatable bonds is 4. The second kappa shape index (κ2) is 4.86. The van der Waals surface area contributed by atoms with E-state index in [0.717, 1.165) is 29.2 Å². The molecule has 0 radical (unpaired) electrons. The van der Waals surface area contributed by atoms with Crippen molar-refractivity contribution in [2.24, 2.45) is 0 Å². The number of hydrogen-bond donors (Lipinski definition) is 1. The maximum atomic E-state index is 5.33. The van der Waals surface area contributed by atoms with Crippen LogP contribution in [0.25, 0.3) is 0 Å². The van der Waals surface area contributed by atoms with Gasteiger partial charge in [0.25, 0.3) is 0 Å². The number of nitrogens with one attached hydrogen (secondary N) is 1. The largest absolute Gasteiger partial charge is 0.497 e. The molecule has 0 aliphatic rings. The molecule has 0 atom stereocenters. The lowest BCUT2D eigenvalue weighted by molar-refractivity contribution is 0.395. The summed E-state index contributed by atoms with van der Waals surface area (Å²) in [5.74, 6) is 1.80. The molecule has 78 valence electrons. The van der Waals surface area contributed by atoms with Crippen LogP contribution >= 0.6 is 0 Å². The molecule has 0 bridgehead atoms. The fraction of sp³-hybridized carbons (Fsp3) is 0.455. The maximum absolute atomic E-state index is 5.33. The molecule has 1 N–H and O–H groups in total. The average Bonchev–Trinajstić information content (AvgIpc) is 2.18. The van der Waals surface area contributed by atoms with Crippen LogP contribution in [-0.2, 0) is 6.54 Å². The summed E-state index contributed by atoms with van der Waals surface area (Å²) in [5.41, 5.74) is 2.21. The van der Waals surface area contributed by atoms with E-state index in [4.69, 9.17) is 9.47 Å². The Balaban J connectivity index is 3.13. The van der Waals surface area contributed by atoms with Crippen LogP contribution in [0.15, 0.2) is 12.1 Å². The minimum atomic E-state index is 0.779. The highest BCUT2D eigenvalue weighted by Gasteiger charge is 2.07. The number of aryl methyl sites for hydroxylation is 1. The molecule has 1 aromatic carbocycles. The van der Waals surface area contributed by atoms with Gasteiger partial charge in [0.2, 0.25) is 0 Å². The van der Waals surface area contributed by atoms with Gasteiger partial charge < -0.3 is 14.8 Å². The zero-order valence-corrected chi connectivity index (χ0v) is 9.18. The van der Waals surface area contributed by atoms with Crippen molar-refractivity contribution in [1.82, 2.24) is 5.32 Å². The molecular weight excluding hydrogens is 178 g/mol. The number of benzene rings is 1. The Kier molecular flexibility index (Phi) is 3.77. The monoisotopic (exact) mass is 195 g/mol. The van der Waals surface area contributed by atoms with E-state index in [9.17, 15) is 0 Å². The lowest BCUT2D eigenvalue weighted by atomic mass is 10.1. The molecule has 0 aromatic heterocycles. The van der Waals surface area contributed by atoms with Crippen LogP contribution in [0, 0.1) is 6.92 Å². The van der Waals surface area contributed by atoms with E-state index in [0.29, 0.717) is 0 Å². The third kappa shape index (κ3) is 2.17. The standard InChI is InChI=1S/C11H17NO2/c1-8-5-10(13-3)6-9(7-12-2)11(8)14-4/h5-6,12H,7H2,1-4H3. The lowest BCUT2D eigenvalue weighted by Crippen LogP contribution is -2.07. The van der Waals surface area contributed by atoms with E-state index >= 15 is 0 Å². The Hall–Kier alpha value is -1.22. The van der Waals surface area contributed by atoms with Gasteiger partial charge >= 0.3 is 0 Å². The molecule has 0 saturated heterocycles. The second-order valence-electron chi connectivity index (χ2n) is 3.17. The first-order chi connectivity index (χ1) is 6.72. The van der Waals surface area contributed by atoms with Crippen molar-refractivity contribution < 1.29 is 9.47 Å². The van der Waals surface area contributed by atoms with Crippen molar-refractivity contribution in [2.75, 3.05) is 21.3 Å².